The van der Waals surface area contributed by atoms with Gasteiger partial charge in [0.25, 0.3) is 5.91 Å². The van der Waals surface area contributed by atoms with Gasteiger partial charge in [0, 0.05) is 25.0 Å². The summed E-state index contributed by atoms with van der Waals surface area (Å²) in [5.41, 5.74) is 4.67. The first-order valence-corrected chi connectivity index (χ1v) is 7.39. The Kier molecular flexibility index (Phi) is 8.22. The van der Waals surface area contributed by atoms with Gasteiger partial charge in [-0.25, -0.2) is 0 Å². The standard InChI is InChI=1S/C15H21N3O3.2ClH/c1-10-13(12-2-3-16-6-11(12)7-17-10)8-18-15(19)14-9-20-4-5-21-14;;/h7,14,16H,2-6,8-9H2,1H3,(H,18,19);2*1H. The maximum atomic E-state index is 12.1. The fourth-order valence-corrected chi connectivity index (χ4v) is 2.81. The summed E-state index contributed by atoms with van der Waals surface area (Å²) >= 11 is 0. The molecule has 1 atom stereocenters. The lowest BCUT2D eigenvalue weighted by molar-refractivity contribution is -0.147. The molecule has 0 radical (unpaired) electrons. The molecular formula is C15H23Cl2N3O3. The third-order valence-corrected chi connectivity index (χ3v) is 4.02. The maximum Gasteiger partial charge on any atom is 0.251 e. The predicted octanol–water partition coefficient (Wildman–Crippen LogP) is 0.911. The van der Waals surface area contributed by atoms with Crippen molar-refractivity contribution in [2.75, 3.05) is 26.4 Å². The molecule has 3 heterocycles. The van der Waals surface area contributed by atoms with Gasteiger partial charge in [0.15, 0.2) is 6.10 Å². The van der Waals surface area contributed by atoms with Gasteiger partial charge in [0.05, 0.1) is 19.8 Å². The number of aryl methyl sites for hydroxylation is 1. The number of fused-ring (bicyclic) bond motifs is 1. The van der Waals surface area contributed by atoms with Crippen molar-refractivity contribution in [2.45, 2.75) is 32.5 Å². The van der Waals surface area contributed by atoms with Gasteiger partial charge >= 0.3 is 0 Å². The smallest absolute Gasteiger partial charge is 0.251 e. The summed E-state index contributed by atoms with van der Waals surface area (Å²) < 4.78 is 10.7. The van der Waals surface area contributed by atoms with E-state index in [4.69, 9.17) is 9.47 Å². The molecule has 2 aliphatic heterocycles. The molecule has 1 aromatic heterocycles. The lowest BCUT2D eigenvalue weighted by Crippen LogP contribution is -2.42. The van der Waals surface area contributed by atoms with Crippen molar-refractivity contribution in [3.8, 4) is 0 Å². The Hall–Kier alpha value is -0.920. The highest BCUT2D eigenvalue weighted by Crippen LogP contribution is 2.20. The van der Waals surface area contributed by atoms with Crippen LogP contribution >= 0.6 is 24.8 Å². The third-order valence-electron chi connectivity index (χ3n) is 4.02. The highest BCUT2D eigenvalue weighted by molar-refractivity contribution is 5.85. The number of nitrogens with zero attached hydrogens (tertiary/aromatic N) is 1. The van der Waals surface area contributed by atoms with E-state index in [0.29, 0.717) is 26.4 Å². The quantitative estimate of drug-likeness (QED) is 0.834. The number of ether oxygens (including phenoxy) is 2. The van der Waals surface area contributed by atoms with Crippen LogP contribution in [0.3, 0.4) is 0 Å². The first-order chi connectivity index (χ1) is 10.3. The normalized spacial score (nSPS) is 19.8. The van der Waals surface area contributed by atoms with E-state index in [-0.39, 0.29) is 30.7 Å². The second-order valence-corrected chi connectivity index (χ2v) is 5.40. The van der Waals surface area contributed by atoms with E-state index in [1.165, 1.54) is 11.1 Å². The van der Waals surface area contributed by atoms with E-state index >= 15 is 0 Å². The van der Waals surface area contributed by atoms with E-state index in [2.05, 4.69) is 15.6 Å². The monoisotopic (exact) mass is 363 g/mol. The molecule has 130 valence electrons. The Balaban J connectivity index is 0.00000132. The van der Waals surface area contributed by atoms with Gasteiger partial charge in [-0.1, -0.05) is 0 Å². The van der Waals surface area contributed by atoms with Crippen LogP contribution in [0.4, 0.5) is 0 Å². The summed E-state index contributed by atoms with van der Waals surface area (Å²) in [5.74, 6) is -0.111. The average molecular weight is 364 g/mol. The number of carbonyl (C=O) groups is 1. The minimum absolute atomic E-state index is 0. The van der Waals surface area contributed by atoms with Crippen LogP contribution in [0.2, 0.25) is 0 Å². The molecule has 1 unspecified atom stereocenters. The molecule has 2 aliphatic rings. The number of hydrogen-bond donors (Lipinski definition) is 2. The molecule has 0 aromatic carbocycles. The summed E-state index contributed by atoms with van der Waals surface area (Å²) in [6.07, 6.45) is 2.42. The van der Waals surface area contributed by atoms with Crippen LogP contribution in [0.5, 0.6) is 0 Å². The molecule has 3 rings (SSSR count). The molecule has 0 spiro atoms. The first-order valence-electron chi connectivity index (χ1n) is 7.39. The number of nitrogens with one attached hydrogen (secondary N) is 2. The number of carbonyl (C=O) groups excluding carboxylic acids is 1. The van der Waals surface area contributed by atoms with Gasteiger partial charge in [0.1, 0.15) is 0 Å². The van der Waals surface area contributed by atoms with Gasteiger partial charge in [-0.3, -0.25) is 9.78 Å². The maximum absolute atomic E-state index is 12.1. The van der Waals surface area contributed by atoms with Crippen LogP contribution in [0, 0.1) is 6.92 Å². The second-order valence-electron chi connectivity index (χ2n) is 5.40. The van der Waals surface area contributed by atoms with E-state index in [1.54, 1.807) is 0 Å². The summed E-state index contributed by atoms with van der Waals surface area (Å²) in [7, 11) is 0. The van der Waals surface area contributed by atoms with E-state index in [9.17, 15) is 4.79 Å². The molecule has 1 aromatic rings. The number of halogens is 2. The molecule has 8 heteroatoms. The van der Waals surface area contributed by atoms with Crippen molar-refractivity contribution in [3.05, 3.63) is 28.6 Å². The number of pyridine rings is 1. The summed E-state index contributed by atoms with van der Waals surface area (Å²) in [4.78, 5) is 16.5. The highest BCUT2D eigenvalue weighted by Gasteiger charge is 2.23. The summed E-state index contributed by atoms with van der Waals surface area (Å²) in [6.45, 7) is 5.68. The molecule has 0 saturated carbocycles. The zero-order valence-corrected chi connectivity index (χ0v) is 14.7. The van der Waals surface area contributed by atoms with Crippen molar-refractivity contribution < 1.29 is 14.3 Å². The van der Waals surface area contributed by atoms with E-state index in [1.807, 2.05) is 13.1 Å². The minimum atomic E-state index is -0.492. The van der Waals surface area contributed by atoms with Crippen LogP contribution in [0.1, 0.15) is 22.4 Å². The molecule has 0 aliphatic carbocycles. The molecular weight excluding hydrogens is 341 g/mol. The molecule has 1 saturated heterocycles. The van der Waals surface area contributed by atoms with Gasteiger partial charge in [-0.2, -0.15) is 0 Å². The Morgan fingerprint density at radius 3 is 3.00 bits per heavy atom. The topological polar surface area (TPSA) is 72.5 Å². The van der Waals surface area contributed by atoms with Crippen LogP contribution in [0.15, 0.2) is 6.20 Å². The third kappa shape index (κ3) is 4.78. The molecule has 2 N–H and O–H groups in total. The molecule has 23 heavy (non-hydrogen) atoms. The SMILES string of the molecule is Cc1ncc2c(c1CNC(=O)C1COCCO1)CCNC2.Cl.Cl. The predicted molar refractivity (Wildman–Crippen MR) is 91.3 cm³/mol. The van der Waals surface area contributed by atoms with E-state index in [0.717, 1.165) is 30.8 Å². The summed E-state index contributed by atoms with van der Waals surface area (Å²) in [6, 6.07) is 0. The Morgan fingerprint density at radius 2 is 2.26 bits per heavy atom. The average Bonchev–Trinajstić information content (AvgIpc) is 2.54. The second kappa shape index (κ2) is 9.39. The Labute approximate surface area is 148 Å². The molecule has 1 amide bonds. The van der Waals surface area contributed by atoms with E-state index < -0.39 is 6.10 Å². The van der Waals surface area contributed by atoms with Gasteiger partial charge < -0.3 is 20.1 Å². The fraction of sp³-hybridized carbons (Fsp3) is 0.600. The zero-order valence-electron chi connectivity index (χ0n) is 13.1. The number of amides is 1. The van der Waals surface area contributed by atoms with Gasteiger partial charge in [-0.05, 0) is 36.6 Å². The summed E-state index contributed by atoms with van der Waals surface area (Å²) in [5, 5.41) is 6.30. The van der Waals surface area contributed by atoms with Crippen molar-refractivity contribution in [1.82, 2.24) is 15.6 Å². The minimum Gasteiger partial charge on any atom is -0.376 e. The lowest BCUT2D eigenvalue weighted by atomic mass is 9.96. The van der Waals surface area contributed by atoms with Gasteiger partial charge in [-0.15, -0.1) is 24.8 Å². The Bertz CT molecular complexity index is 537. The van der Waals surface area contributed by atoms with Crippen molar-refractivity contribution in [3.63, 3.8) is 0 Å². The van der Waals surface area contributed by atoms with Crippen LogP contribution in [0.25, 0.3) is 0 Å². The largest absolute Gasteiger partial charge is 0.376 e. The van der Waals surface area contributed by atoms with Crippen molar-refractivity contribution >= 4 is 30.7 Å². The number of rotatable bonds is 3. The fourth-order valence-electron chi connectivity index (χ4n) is 2.81. The van der Waals surface area contributed by atoms with Crippen LogP contribution in [-0.2, 0) is 33.8 Å². The van der Waals surface area contributed by atoms with Crippen LogP contribution < -0.4 is 10.6 Å². The number of aromatic nitrogens is 1. The van der Waals surface area contributed by atoms with Crippen molar-refractivity contribution in [2.24, 2.45) is 0 Å². The highest BCUT2D eigenvalue weighted by atomic mass is 35.5. The molecule has 1 fully saturated rings. The number of hydrogen-bond acceptors (Lipinski definition) is 5. The van der Waals surface area contributed by atoms with Crippen LogP contribution in [-0.4, -0.2) is 43.4 Å². The zero-order chi connectivity index (χ0) is 14.7. The Morgan fingerprint density at radius 1 is 1.43 bits per heavy atom. The molecule has 6 nitrogen and oxygen atoms in total. The lowest BCUT2D eigenvalue weighted by Gasteiger charge is -2.24. The first kappa shape index (κ1) is 20.1. The molecule has 0 bridgehead atoms. The van der Waals surface area contributed by atoms with Gasteiger partial charge in [0.2, 0.25) is 0 Å². The van der Waals surface area contributed by atoms with Crippen molar-refractivity contribution in [1.29, 1.82) is 0 Å².